The molecule has 1 unspecified atom stereocenters. The highest BCUT2D eigenvalue weighted by Crippen LogP contribution is 2.16. The standard InChI is InChI=1S/C22H31N3O4/c1-3-5-13-28-20-10-6-8-19(15-20)21(16-25-12-11-23-17-25)24-29-14-7-9-18(4-2)22(26)27/h6,8,10-12,15,17-18H,3-5,7,9,13-14,16H2,1-2H3,(H,26,27)/b24-21-. The minimum atomic E-state index is -0.753. The summed E-state index contributed by atoms with van der Waals surface area (Å²) in [7, 11) is 0. The highest BCUT2D eigenvalue weighted by atomic mass is 16.6. The second-order valence-electron chi connectivity index (χ2n) is 6.92. The van der Waals surface area contributed by atoms with Crippen LogP contribution in [-0.4, -0.2) is 39.6 Å². The molecule has 0 aliphatic rings. The molecule has 0 amide bonds. The first-order valence-corrected chi connectivity index (χ1v) is 10.2. The van der Waals surface area contributed by atoms with E-state index in [9.17, 15) is 4.79 Å². The van der Waals surface area contributed by atoms with Crippen LogP contribution in [0.3, 0.4) is 0 Å². The number of carboxylic acids is 1. The maximum atomic E-state index is 11.1. The zero-order valence-corrected chi connectivity index (χ0v) is 17.3. The number of hydrogen-bond acceptors (Lipinski definition) is 5. The molecule has 7 nitrogen and oxygen atoms in total. The average molecular weight is 402 g/mol. The molecule has 0 fully saturated rings. The molecule has 2 aromatic rings. The van der Waals surface area contributed by atoms with Crippen LogP contribution in [0.15, 0.2) is 48.1 Å². The molecule has 0 aliphatic heterocycles. The monoisotopic (exact) mass is 401 g/mol. The fourth-order valence-corrected chi connectivity index (χ4v) is 2.85. The van der Waals surface area contributed by atoms with Gasteiger partial charge in [-0.3, -0.25) is 4.79 Å². The van der Waals surface area contributed by atoms with E-state index in [4.69, 9.17) is 14.7 Å². The summed E-state index contributed by atoms with van der Waals surface area (Å²) < 4.78 is 7.73. The second-order valence-corrected chi connectivity index (χ2v) is 6.92. The first-order chi connectivity index (χ1) is 14.1. The van der Waals surface area contributed by atoms with Gasteiger partial charge in [0, 0.05) is 18.0 Å². The van der Waals surface area contributed by atoms with Crippen LogP contribution in [0.25, 0.3) is 0 Å². The van der Waals surface area contributed by atoms with Crippen LogP contribution < -0.4 is 4.74 Å². The van der Waals surface area contributed by atoms with Gasteiger partial charge in [0.25, 0.3) is 0 Å². The normalized spacial score (nSPS) is 12.6. The third kappa shape index (κ3) is 7.97. The summed E-state index contributed by atoms with van der Waals surface area (Å²) in [5.41, 5.74) is 1.68. The first-order valence-electron chi connectivity index (χ1n) is 10.2. The van der Waals surface area contributed by atoms with Crippen molar-refractivity contribution in [1.29, 1.82) is 0 Å². The van der Waals surface area contributed by atoms with Gasteiger partial charge in [-0.1, -0.05) is 37.6 Å². The lowest BCUT2D eigenvalue weighted by Gasteiger charge is -2.11. The molecule has 0 spiro atoms. The molecule has 0 saturated carbocycles. The van der Waals surface area contributed by atoms with Crippen molar-refractivity contribution in [1.82, 2.24) is 9.55 Å². The predicted molar refractivity (Wildman–Crippen MR) is 112 cm³/mol. The fourth-order valence-electron chi connectivity index (χ4n) is 2.85. The topological polar surface area (TPSA) is 85.9 Å². The Labute approximate surface area is 172 Å². The molecule has 1 aromatic carbocycles. The Hall–Kier alpha value is -2.83. The number of nitrogens with zero attached hydrogens (tertiary/aromatic N) is 3. The van der Waals surface area contributed by atoms with Gasteiger partial charge in [0.05, 0.1) is 25.4 Å². The Morgan fingerprint density at radius 1 is 1.28 bits per heavy atom. The van der Waals surface area contributed by atoms with Crippen molar-refractivity contribution in [3.63, 3.8) is 0 Å². The van der Waals surface area contributed by atoms with Crippen molar-refractivity contribution in [3.05, 3.63) is 48.5 Å². The molecule has 158 valence electrons. The number of oxime groups is 1. The maximum absolute atomic E-state index is 11.1. The smallest absolute Gasteiger partial charge is 0.306 e. The number of benzene rings is 1. The van der Waals surface area contributed by atoms with Crippen molar-refractivity contribution >= 4 is 11.7 Å². The van der Waals surface area contributed by atoms with Crippen LogP contribution in [-0.2, 0) is 16.2 Å². The number of aliphatic carboxylic acids is 1. The zero-order chi connectivity index (χ0) is 20.9. The minimum absolute atomic E-state index is 0.329. The van der Waals surface area contributed by atoms with Crippen molar-refractivity contribution in [2.75, 3.05) is 13.2 Å². The highest BCUT2D eigenvalue weighted by molar-refractivity contribution is 6.00. The molecule has 2 rings (SSSR count). The molecule has 0 aliphatic carbocycles. The van der Waals surface area contributed by atoms with E-state index in [1.54, 1.807) is 12.5 Å². The van der Waals surface area contributed by atoms with E-state index >= 15 is 0 Å². The predicted octanol–water partition coefficient (Wildman–Crippen LogP) is 4.37. The largest absolute Gasteiger partial charge is 0.494 e. The third-order valence-corrected chi connectivity index (χ3v) is 4.63. The van der Waals surface area contributed by atoms with Crippen molar-refractivity contribution < 1.29 is 19.5 Å². The van der Waals surface area contributed by atoms with Crippen molar-refractivity contribution in [3.8, 4) is 5.75 Å². The average Bonchev–Trinajstić information content (AvgIpc) is 3.23. The molecule has 29 heavy (non-hydrogen) atoms. The molecular weight excluding hydrogens is 370 g/mol. The molecule has 1 atom stereocenters. The van der Waals surface area contributed by atoms with Crippen LogP contribution >= 0.6 is 0 Å². The first kappa shape index (κ1) is 22.5. The van der Waals surface area contributed by atoms with Crippen LogP contribution in [0.2, 0.25) is 0 Å². The lowest BCUT2D eigenvalue weighted by molar-refractivity contribution is -0.142. The number of unbranched alkanes of at least 4 members (excludes halogenated alkanes) is 1. The number of carboxylic acid groups (broad SMARTS) is 1. The second kappa shape index (κ2) is 12.6. The van der Waals surface area contributed by atoms with Crippen LogP contribution in [0.5, 0.6) is 5.75 Å². The molecule has 0 saturated heterocycles. The summed E-state index contributed by atoms with van der Waals surface area (Å²) in [5.74, 6) is -0.275. The van der Waals surface area contributed by atoms with Gasteiger partial charge in [-0.25, -0.2) is 4.98 Å². The third-order valence-electron chi connectivity index (χ3n) is 4.63. The van der Waals surface area contributed by atoms with E-state index in [-0.39, 0.29) is 5.92 Å². The molecule has 1 aromatic heterocycles. The molecule has 7 heteroatoms. The Kier molecular flexibility index (Phi) is 9.75. The molecular formula is C22H31N3O4. The summed E-state index contributed by atoms with van der Waals surface area (Å²) in [4.78, 5) is 20.7. The highest BCUT2D eigenvalue weighted by Gasteiger charge is 2.14. The van der Waals surface area contributed by atoms with E-state index in [0.717, 1.165) is 29.9 Å². The number of rotatable bonds is 14. The minimum Gasteiger partial charge on any atom is -0.494 e. The van der Waals surface area contributed by atoms with Gasteiger partial charge in [0.1, 0.15) is 18.1 Å². The van der Waals surface area contributed by atoms with Crippen molar-refractivity contribution in [2.45, 2.75) is 52.5 Å². The van der Waals surface area contributed by atoms with E-state index < -0.39 is 5.97 Å². The maximum Gasteiger partial charge on any atom is 0.306 e. The van der Waals surface area contributed by atoms with Crippen LogP contribution in [0, 0.1) is 5.92 Å². The lowest BCUT2D eigenvalue weighted by Crippen LogP contribution is -2.14. The van der Waals surface area contributed by atoms with Crippen molar-refractivity contribution in [2.24, 2.45) is 11.1 Å². The van der Waals surface area contributed by atoms with Gasteiger partial charge in [0.2, 0.25) is 0 Å². The summed E-state index contributed by atoms with van der Waals surface area (Å²) in [6.07, 6.45) is 9.27. The van der Waals surface area contributed by atoms with Gasteiger partial charge in [-0.2, -0.15) is 0 Å². The van der Waals surface area contributed by atoms with E-state index in [1.807, 2.05) is 42.0 Å². The summed E-state index contributed by atoms with van der Waals surface area (Å²) in [5, 5.41) is 13.5. The Morgan fingerprint density at radius 3 is 2.83 bits per heavy atom. The Morgan fingerprint density at radius 2 is 2.14 bits per heavy atom. The molecule has 1 N–H and O–H groups in total. The Bertz CT molecular complexity index is 759. The van der Waals surface area contributed by atoms with Gasteiger partial charge in [-0.05, 0) is 37.8 Å². The van der Waals surface area contributed by atoms with Gasteiger partial charge in [-0.15, -0.1) is 0 Å². The van der Waals surface area contributed by atoms with Crippen LogP contribution in [0.1, 0.15) is 51.5 Å². The fraction of sp³-hybridized carbons (Fsp3) is 0.500. The number of aromatic nitrogens is 2. The van der Waals surface area contributed by atoms with Crippen LogP contribution in [0.4, 0.5) is 0 Å². The summed E-state index contributed by atoms with van der Waals surface area (Å²) in [6.45, 7) is 5.60. The number of imidazole rings is 1. The lowest BCUT2D eigenvalue weighted by atomic mass is 10.0. The van der Waals surface area contributed by atoms with Gasteiger partial charge < -0.3 is 19.2 Å². The Balaban J connectivity index is 2.02. The molecule has 1 heterocycles. The van der Waals surface area contributed by atoms with E-state index in [1.165, 1.54) is 0 Å². The van der Waals surface area contributed by atoms with E-state index in [0.29, 0.717) is 39.0 Å². The molecule has 0 bridgehead atoms. The number of ether oxygens (including phenoxy) is 1. The summed E-state index contributed by atoms with van der Waals surface area (Å²) in [6, 6.07) is 7.82. The quantitative estimate of drug-likeness (QED) is 0.288. The zero-order valence-electron chi connectivity index (χ0n) is 17.3. The van der Waals surface area contributed by atoms with E-state index in [2.05, 4.69) is 17.1 Å². The number of hydrogen-bond donors (Lipinski definition) is 1. The van der Waals surface area contributed by atoms with Gasteiger partial charge in [0.15, 0.2) is 0 Å². The SMILES string of the molecule is CCCCOc1cccc(/C(Cn2ccnc2)=N\OCCCC(CC)C(=O)O)c1. The molecule has 0 radical (unpaired) electrons. The summed E-state index contributed by atoms with van der Waals surface area (Å²) >= 11 is 0. The van der Waals surface area contributed by atoms with Gasteiger partial charge >= 0.3 is 5.97 Å². The number of carbonyl (C=O) groups is 1.